The van der Waals surface area contributed by atoms with E-state index in [9.17, 15) is 14.0 Å². The Hall–Kier alpha value is -2.34. The largest absolute Gasteiger partial charge is 0.478 e. The minimum absolute atomic E-state index is 0.122. The van der Waals surface area contributed by atoms with Crippen LogP contribution in [-0.2, 0) is 0 Å². The zero-order valence-electron chi connectivity index (χ0n) is 9.41. The van der Waals surface area contributed by atoms with Gasteiger partial charge in [0, 0.05) is 6.20 Å². The number of nitrogens with one attached hydrogen (secondary N) is 2. The SMILES string of the molecule is O=C(Nc1cccc(F)c1C(=O)O)c1cc(Cl)c[nH]1. The quantitative estimate of drug-likeness (QED) is 0.809. The Balaban J connectivity index is 2.31. The standard InChI is InChI=1S/C12H8ClFN2O3/c13-6-4-9(15-5-6)11(17)16-8-3-1-2-7(14)10(8)12(18)19/h1-5,15H,(H,16,17)(H,18,19). The summed E-state index contributed by atoms with van der Waals surface area (Å²) in [7, 11) is 0. The molecule has 2 aromatic rings. The van der Waals surface area contributed by atoms with Crippen LogP contribution in [0.5, 0.6) is 0 Å². The van der Waals surface area contributed by atoms with Gasteiger partial charge in [-0.15, -0.1) is 0 Å². The second kappa shape index (κ2) is 5.11. The molecule has 1 amide bonds. The molecule has 0 fully saturated rings. The van der Waals surface area contributed by atoms with Crippen molar-refractivity contribution < 1.29 is 19.1 Å². The van der Waals surface area contributed by atoms with Gasteiger partial charge in [-0.3, -0.25) is 4.79 Å². The van der Waals surface area contributed by atoms with Crippen LogP contribution < -0.4 is 5.32 Å². The van der Waals surface area contributed by atoms with Gasteiger partial charge in [-0.05, 0) is 18.2 Å². The molecule has 1 aromatic carbocycles. The van der Waals surface area contributed by atoms with E-state index >= 15 is 0 Å². The molecule has 0 aliphatic heterocycles. The van der Waals surface area contributed by atoms with Crippen LogP contribution in [0.25, 0.3) is 0 Å². The van der Waals surface area contributed by atoms with E-state index in [-0.39, 0.29) is 11.4 Å². The van der Waals surface area contributed by atoms with Crippen molar-refractivity contribution in [3.05, 3.63) is 52.6 Å². The highest BCUT2D eigenvalue weighted by Gasteiger charge is 2.18. The molecule has 0 saturated carbocycles. The zero-order chi connectivity index (χ0) is 14.0. The first kappa shape index (κ1) is 13.1. The number of carbonyl (C=O) groups excluding carboxylic acids is 1. The average Bonchev–Trinajstić information content (AvgIpc) is 2.75. The first-order valence-corrected chi connectivity index (χ1v) is 5.54. The van der Waals surface area contributed by atoms with Crippen molar-refractivity contribution in [2.75, 3.05) is 5.32 Å². The highest BCUT2D eigenvalue weighted by Crippen LogP contribution is 2.20. The van der Waals surface area contributed by atoms with Gasteiger partial charge in [-0.1, -0.05) is 17.7 Å². The smallest absolute Gasteiger partial charge is 0.340 e. The first-order chi connectivity index (χ1) is 8.99. The Bertz CT molecular complexity index is 654. The van der Waals surface area contributed by atoms with E-state index in [2.05, 4.69) is 10.3 Å². The van der Waals surface area contributed by atoms with Crippen molar-refractivity contribution in [1.82, 2.24) is 4.98 Å². The van der Waals surface area contributed by atoms with Crippen molar-refractivity contribution in [3.63, 3.8) is 0 Å². The van der Waals surface area contributed by atoms with Crippen LogP contribution in [0.15, 0.2) is 30.5 Å². The van der Waals surface area contributed by atoms with Gasteiger partial charge in [0.25, 0.3) is 5.91 Å². The molecule has 2 rings (SSSR count). The van der Waals surface area contributed by atoms with Crippen LogP contribution >= 0.6 is 11.6 Å². The number of halogens is 2. The van der Waals surface area contributed by atoms with Crippen LogP contribution in [0.2, 0.25) is 5.02 Å². The third-order valence-electron chi connectivity index (χ3n) is 2.37. The normalized spacial score (nSPS) is 10.2. The topological polar surface area (TPSA) is 82.2 Å². The third kappa shape index (κ3) is 2.74. The van der Waals surface area contributed by atoms with Crippen molar-refractivity contribution in [3.8, 4) is 0 Å². The maximum atomic E-state index is 13.4. The van der Waals surface area contributed by atoms with E-state index in [0.717, 1.165) is 6.07 Å². The van der Waals surface area contributed by atoms with Crippen LogP contribution in [0, 0.1) is 5.82 Å². The van der Waals surface area contributed by atoms with Gasteiger partial charge in [-0.2, -0.15) is 0 Å². The summed E-state index contributed by atoms with van der Waals surface area (Å²) in [5.74, 6) is -2.99. The lowest BCUT2D eigenvalue weighted by Gasteiger charge is -2.08. The van der Waals surface area contributed by atoms with Gasteiger partial charge >= 0.3 is 5.97 Å². The summed E-state index contributed by atoms with van der Waals surface area (Å²) in [4.78, 5) is 25.3. The van der Waals surface area contributed by atoms with Crippen LogP contribution in [0.3, 0.4) is 0 Å². The number of carbonyl (C=O) groups is 2. The number of aromatic amines is 1. The van der Waals surface area contributed by atoms with Crippen LogP contribution in [-0.4, -0.2) is 22.0 Å². The number of anilines is 1. The number of aromatic carboxylic acids is 1. The maximum absolute atomic E-state index is 13.4. The van der Waals surface area contributed by atoms with Crippen molar-refractivity contribution >= 4 is 29.2 Å². The zero-order valence-corrected chi connectivity index (χ0v) is 10.2. The number of carboxylic acid groups (broad SMARTS) is 1. The predicted molar refractivity (Wildman–Crippen MR) is 67.1 cm³/mol. The number of rotatable bonds is 3. The third-order valence-corrected chi connectivity index (χ3v) is 2.59. The highest BCUT2D eigenvalue weighted by molar-refractivity contribution is 6.31. The molecule has 0 radical (unpaired) electrons. The molecule has 1 aromatic heterocycles. The highest BCUT2D eigenvalue weighted by atomic mass is 35.5. The number of benzene rings is 1. The van der Waals surface area contributed by atoms with E-state index in [1.165, 1.54) is 24.4 Å². The minimum Gasteiger partial charge on any atom is -0.478 e. The Morgan fingerprint density at radius 3 is 2.68 bits per heavy atom. The fraction of sp³-hybridized carbons (Fsp3) is 0. The molecule has 0 atom stereocenters. The lowest BCUT2D eigenvalue weighted by Crippen LogP contribution is -2.16. The Kier molecular flexibility index (Phi) is 3.52. The average molecular weight is 283 g/mol. The maximum Gasteiger partial charge on any atom is 0.340 e. The summed E-state index contributed by atoms with van der Waals surface area (Å²) in [5, 5.41) is 11.6. The van der Waals surface area contributed by atoms with E-state index in [1.807, 2.05) is 0 Å². The van der Waals surface area contributed by atoms with E-state index < -0.39 is 23.3 Å². The summed E-state index contributed by atoms with van der Waals surface area (Å²) in [6, 6.07) is 4.98. The van der Waals surface area contributed by atoms with Gasteiger partial charge in [0.05, 0.1) is 10.7 Å². The molecule has 0 unspecified atom stereocenters. The van der Waals surface area contributed by atoms with Gasteiger partial charge in [0.2, 0.25) is 0 Å². The molecular weight excluding hydrogens is 275 g/mol. The number of aromatic nitrogens is 1. The number of carboxylic acids is 1. The van der Waals surface area contributed by atoms with E-state index in [4.69, 9.17) is 16.7 Å². The predicted octanol–water partition coefficient (Wildman–Crippen LogP) is 2.76. The number of H-pyrrole nitrogens is 1. The molecule has 7 heteroatoms. The molecule has 0 bridgehead atoms. The van der Waals surface area contributed by atoms with Crippen LogP contribution in [0.1, 0.15) is 20.8 Å². The molecule has 19 heavy (non-hydrogen) atoms. The molecule has 5 nitrogen and oxygen atoms in total. The monoisotopic (exact) mass is 282 g/mol. The number of hydrogen-bond acceptors (Lipinski definition) is 2. The summed E-state index contributed by atoms with van der Waals surface area (Å²) in [6.07, 6.45) is 1.40. The molecule has 3 N–H and O–H groups in total. The fourth-order valence-corrected chi connectivity index (χ4v) is 1.70. The molecule has 0 spiro atoms. The lowest BCUT2D eigenvalue weighted by molar-refractivity contribution is 0.0693. The number of amides is 1. The summed E-state index contributed by atoms with van der Waals surface area (Å²) >= 11 is 5.65. The molecular formula is C12H8ClFN2O3. The molecule has 0 saturated heterocycles. The fourth-order valence-electron chi connectivity index (χ4n) is 1.53. The molecule has 0 aliphatic rings. The van der Waals surface area contributed by atoms with Gasteiger partial charge in [0.15, 0.2) is 0 Å². The van der Waals surface area contributed by atoms with E-state index in [1.54, 1.807) is 0 Å². The minimum atomic E-state index is -1.46. The Labute approximate surface area is 112 Å². The molecule has 0 aliphatic carbocycles. The second-order valence-corrected chi connectivity index (χ2v) is 4.09. The lowest BCUT2D eigenvalue weighted by atomic mass is 10.1. The van der Waals surface area contributed by atoms with E-state index in [0.29, 0.717) is 5.02 Å². The first-order valence-electron chi connectivity index (χ1n) is 5.16. The van der Waals surface area contributed by atoms with Crippen molar-refractivity contribution in [2.24, 2.45) is 0 Å². The Morgan fingerprint density at radius 2 is 2.11 bits per heavy atom. The van der Waals surface area contributed by atoms with Gasteiger partial charge < -0.3 is 15.4 Å². The summed E-state index contributed by atoms with van der Waals surface area (Å²) in [5.41, 5.74) is -0.567. The molecule has 98 valence electrons. The summed E-state index contributed by atoms with van der Waals surface area (Å²) in [6.45, 7) is 0. The van der Waals surface area contributed by atoms with Gasteiger partial charge in [-0.25, -0.2) is 9.18 Å². The molecule has 1 heterocycles. The Morgan fingerprint density at radius 1 is 1.37 bits per heavy atom. The van der Waals surface area contributed by atoms with Gasteiger partial charge in [0.1, 0.15) is 17.1 Å². The summed E-state index contributed by atoms with van der Waals surface area (Å²) < 4.78 is 13.4. The van der Waals surface area contributed by atoms with Crippen molar-refractivity contribution in [1.29, 1.82) is 0 Å². The van der Waals surface area contributed by atoms with Crippen LogP contribution in [0.4, 0.5) is 10.1 Å². The second-order valence-electron chi connectivity index (χ2n) is 3.65. The number of hydrogen-bond donors (Lipinski definition) is 3. The van der Waals surface area contributed by atoms with Crippen molar-refractivity contribution in [2.45, 2.75) is 0 Å².